The predicted molar refractivity (Wildman–Crippen MR) is 61.9 cm³/mol. The Labute approximate surface area is 96.4 Å². The van der Waals surface area contributed by atoms with Gasteiger partial charge < -0.3 is 16.2 Å². The maximum atomic E-state index is 11.2. The van der Waals surface area contributed by atoms with E-state index in [-0.39, 0.29) is 17.9 Å². The van der Waals surface area contributed by atoms with Crippen molar-refractivity contribution >= 4 is 11.9 Å². The summed E-state index contributed by atoms with van der Waals surface area (Å²) in [5.74, 6) is -1.15. The third-order valence-electron chi connectivity index (χ3n) is 2.38. The number of hydrogen-bond acceptors (Lipinski definition) is 3. The molecule has 0 radical (unpaired) electrons. The molecule has 4 N–H and O–H groups in total. The molecule has 2 atom stereocenters. The Morgan fingerprint density at radius 2 is 1.94 bits per heavy atom. The molecule has 0 saturated carbocycles. The molecule has 16 heavy (non-hydrogen) atoms. The molecule has 0 aliphatic heterocycles. The standard InChI is InChI=1S/C11H22N2O3/c1-8(11(15)16)4-3-7-13-10(14)6-5-9(2)12/h8-9H,3-7,12H2,1-2H3,(H,13,14)(H,15,16). The Bertz CT molecular complexity index is 229. The third-order valence-corrected chi connectivity index (χ3v) is 2.38. The molecule has 0 rings (SSSR count). The van der Waals surface area contributed by atoms with Gasteiger partial charge in [0.15, 0.2) is 0 Å². The average Bonchev–Trinajstić information content (AvgIpc) is 2.20. The van der Waals surface area contributed by atoms with E-state index in [1.54, 1.807) is 6.92 Å². The quantitative estimate of drug-likeness (QED) is 0.536. The number of nitrogens with one attached hydrogen (secondary N) is 1. The summed E-state index contributed by atoms with van der Waals surface area (Å²) in [6.45, 7) is 4.07. The first-order chi connectivity index (χ1) is 7.43. The maximum Gasteiger partial charge on any atom is 0.306 e. The van der Waals surface area contributed by atoms with Gasteiger partial charge in [-0.05, 0) is 26.2 Å². The van der Waals surface area contributed by atoms with Gasteiger partial charge in [0.2, 0.25) is 5.91 Å². The average molecular weight is 230 g/mol. The van der Waals surface area contributed by atoms with Crippen molar-refractivity contribution in [1.29, 1.82) is 0 Å². The molecule has 2 unspecified atom stereocenters. The minimum Gasteiger partial charge on any atom is -0.481 e. The van der Waals surface area contributed by atoms with Gasteiger partial charge in [-0.1, -0.05) is 6.92 Å². The van der Waals surface area contributed by atoms with E-state index < -0.39 is 5.97 Å². The van der Waals surface area contributed by atoms with Crippen molar-refractivity contribution < 1.29 is 14.7 Å². The molecule has 0 bridgehead atoms. The molecule has 5 heteroatoms. The summed E-state index contributed by atoms with van der Waals surface area (Å²) in [7, 11) is 0. The Kier molecular flexibility index (Phi) is 7.54. The molecule has 0 fully saturated rings. The van der Waals surface area contributed by atoms with Crippen LogP contribution in [-0.4, -0.2) is 29.6 Å². The number of nitrogens with two attached hydrogens (primary N) is 1. The first kappa shape index (κ1) is 14.9. The van der Waals surface area contributed by atoms with Crippen LogP contribution in [0.4, 0.5) is 0 Å². The SMILES string of the molecule is CC(N)CCC(=O)NCCCC(C)C(=O)O. The van der Waals surface area contributed by atoms with Gasteiger partial charge in [-0.15, -0.1) is 0 Å². The van der Waals surface area contributed by atoms with Gasteiger partial charge in [0, 0.05) is 19.0 Å². The van der Waals surface area contributed by atoms with Crippen LogP contribution in [0.2, 0.25) is 0 Å². The van der Waals surface area contributed by atoms with Crippen LogP contribution in [0.3, 0.4) is 0 Å². The van der Waals surface area contributed by atoms with Crippen molar-refractivity contribution in [2.75, 3.05) is 6.54 Å². The van der Waals surface area contributed by atoms with E-state index in [1.807, 2.05) is 6.92 Å². The summed E-state index contributed by atoms with van der Waals surface area (Å²) in [6, 6.07) is 0.0396. The molecule has 0 aromatic carbocycles. The van der Waals surface area contributed by atoms with Crippen molar-refractivity contribution in [3.05, 3.63) is 0 Å². The van der Waals surface area contributed by atoms with E-state index in [9.17, 15) is 9.59 Å². The van der Waals surface area contributed by atoms with Gasteiger partial charge in [-0.25, -0.2) is 0 Å². The zero-order valence-corrected chi connectivity index (χ0v) is 10.0. The topological polar surface area (TPSA) is 92.4 Å². The Balaban J connectivity index is 3.44. The summed E-state index contributed by atoms with van der Waals surface area (Å²) in [6.07, 6.45) is 2.39. The third kappa shape index (κ3) is 8.23. The molecule has 0 saturated heterocycles. The van der Waals surface area contributed by atoms with Crippen LogP contribution in [-0.2, 0) is 9.59 Å². The molecule has 0 aliphatic rings. The van der Waals surface area contributed by atoms with E-state index >= 15 is 0 Å². The lowest BCUT2D eigenvalue weighted by Gasteiger charge is -2.08. The fourth-order valence-electron chi connectivity index (χ4n) is 1.21. The number of amides is 1. The highest BCUT2D eigenvalue weighted by Crippen LogP contribution is 2.04. The second-order valence-corrected chi connectivity index (χ2v) is 4.25. The summed E-state index contributed by atoms with van der Waals surface area (Å²) in [5.41, 5.74) is 5.52. The Morgan fingerprint density at radius 1 is 1.31 bits per heavy atom. The molecule has 0 aliphatic carbocycles. The van der Waals surface area contributed by atoms with Crippen LogP contribution in [0.5, 0.6) is 0 Å². The number of rotatable bonds is 8. The summed E-state index contributed by atoms with van der Waals surface area (Å²) in [5, 5.41) is 11.4. The lowest BCUT2D eigenvalue weighted by molar-refractivity contribution is -0.141. The molecule has 1 amide bonds. The molecular weight excluding hydrogens is 208 g/mol. The van der Waals surface area contributed by atoms with Gasteiger partial charge in [-0.2, -0.15) is 0 Å². The van der Waals surface area contributed by atoms with Gasteiger partial charge >= 0.3 is 5.97 Å². The summed E-state index contributed by atoms with van der Waals surface area (Å²) >= 11 is 0. The highest BCUT2D eigenvalue weighted by atomic mass is 16.4. The number of carboxylic acid groups (broad SMARTS) is 1. The van der Waals surface area contributed by atoms with Crippen LogP contribution < -0.4 is 11.1 Å². The second kappa shape index (κ2) is 8.10. The minimum atomic E-state index is -0.789. The summed E-state index contributed by atoms with van der Waals surface area (Å²) in [4.78, 5) is 21.7. The number of carbonyl (C=O) groups is 2. The van der Waals surface area contributed by atoms with Crippen LogP contribution in [0, 0.1) is 5.92 Å². The van der Waals surface area contributed by atoms with E-state index in [1.165, 1.54) is 0 Å². The first-order valence-corrected chi connectivity index (χ1v) is 5.68. The van der Waals surface area contributed by atoms with Gasteiger partial charge in [-0.3, -0.25) is 9.59 Å². The normalized spacial score (nSPS) is 14.2. The lowest BCUT2D eigenvalue weighted by Crippen LogP contribution is -2.27. The molecular formula is C11H22N2O3. The highest BCUT2D eigenvalue weighted by Gasteiger charge is 2.10. The van der Waals surface area contributed by atoms with Crippen molar-refractivity contribution in [2.45, 2.75) is 45.6 Å². The number of aliphatic carboxylic acids is 1. The lowest BCUT2D eigenvalue weighted by atomic mass is 10.1. The molecule has 0 heterocycles. The van der Waals surface area contributed by atoms with Gasteiger partial charge in [0.25, 0.3) is 0 Å². The number of carbonyl (C=O) groups excluding carboxylic acids is 1. The van der Waals surface area contributed by atoms with Crippen molar-refractivity contribution in [1.82, 2.24) is 5.32 Å². The second-order valence-electron chi connectivity index (χ2n) is 4.25. The molecule has 0 spiro atoms. The monoisotopic (exact) mass is 230 g/mol. The largest absolute Gasteiger partial charge is 0.481 e. The molecule has 0 aromatic rings. The van der Waals surface area contributed by atoms with Gasteiger partial charge in [0.05, 0.1) is 5.92 Å². The minimum absolute atomic E-state index is 0.0136. The Hall–Kier alpha value is -1.10. The Morgan fingerprint density at radius 3 is 2.44 bits per heavy atom. The van der Waals surface area contributed by atoms with Crippen LogP contribution in [0.25, 0.3) is 0 Å². The summed E-state index contributed by atoms with van der Waals surface area (Å²) < 4.78 is 0. The maximum absolute atomic E-state index is 11.2. The van der Waals surface area contributed by atoms with Gasteiger partial charge in [0.1, 0.15) is 0 Å². The highest BCUT2D eigenvalue weighted by molar-refractivity contribution is 5.75. The molecule has 0 aromatic heterocycles. The predicted octanol–water partition coefficient (Wildman–Crippen LogP) is 0.731. The fourth-order valence-corrected chi connectivity index (χ4v) is 1.21. The molecule has 5 nitrogen and oxygen atoms in total. The fraction of sp³-hybridized carbons (Fsp3) is 0.818. The van der Waals surface area contributed by atoms with Crippen LogP contribution >= 0.6 is 0 Å². The zero-order valence-electron chi connectivity index (χ0n) is 10.0. The van der Waals surface area contributed by atoms with Crippen molar-refractivity contribution in [3.63, 3.8) is 0 Å². The van der Waals surface area contributed by atoms with Crippen molar-refractivity contribution in [2.24, 2.45) is 11.7 Å². The van der Waals surface area contributed by atoms with E-state index in [4.69, 9.17) is 10.8 Å². The first-order valence-electron chi connectivity index (χ1n) is 5.68. The van der Waals surface area contributed by atoms with E-state index in [0.717, 1.165) is 0 Å². The number of carboxylic acids is 1. The zero-order chi connectivity index (χ0) is 12.6. The molecule has 94 valence electrons. The number of hydrogen-bond donors (Lipinski definition) is 3. The van der Waals surface area contributed by atoms with Crippen LogP contribution in [0.1, 0.15) is 39.5 Å². The van der Waals surface area contributed by atoms with E-state index in [0.29, 0.717) is 32.2 Å². The van der Waals surface area contributed by atoms with Crippen LogP contribution in [0.15, 0.2) is 0 Å². The van der Waals surface area contributed by atoms with Crippen molar-refractivity contribution in [3.8, 4) is 0 Å². The smallest absolute Gasteiger partial charge is 0.306 e. The van der Waals surface area contributed by atoms with E-state index in [2.05, 4.69) is 5.32 Å².